The van der Waals surface area contributed by atoms with Gasteiger partial charge in [0.25, 0.3) is 0 Å². The molecule has 2 N–H and O–H groups in total. The summed E-state index contributed by atoms with van der Waals surface area (Å²) in [5.74, 6) is 0. The molecule has 1 heterocycles. The van der Waals surface area contributed by atoms with Crippen LogP contribution < -0.4 is 5.73 Å². The molecule has 0 aromatic carbocycles. The molecular weight excluding hydrogens is 162 g/mol. The average Bonchev–Trinajstić information content (AvgIpc) is 2.97. The quantitative estimate of drug-likeness (QED) is 0.750. The van der Waals surface area contributed by atoms with Crippen LogP contribution in [-0.4, -0.2) is 16.5 Å². The van der Waals surface area contributed by atoms with E-state index in [1.165, 1.54) is 24.8 Å². The van der Waals surface area contributed by atoms with Gasteiger partial charge in [-0.25, -0.2) is 9.97 Å². The van der Waals surface area contributed by atoms with Crippen LogP contribution in [0.25, 0.3) is 0 Å². The third-order valence-electron chi connectivity index (χ3n) is 2.95. The normalized spacial score (nSPS) is 18.5. The van der Waals surface area contributed by atoms with Crippen molar-refractivity contribution in [2.24, 2.45) is 11.1 Å². The highest BCUT2D eigenvalue weighted by Crippen LogP contribution is 2.48. The Kier molecular flexibility index (Phi) is 2.27. The molecule has 1 aliphatic carbocycles. The molecule has 13 heavy (non-hydrogen) atoms. The van der Waals surface area contributed by atoms with Crippen molar-refractivity contribution in [1.29, 1.82) is 0 Å². The number of nitrogens with two attached hydrogens (primary N) is 1. The van der Waals surface area contributed by atoms with Crippen molar-refractivity contribution in [3.63, 3.8) is 0 Å². The van der Waals surface area contributed by atoms with Crippen LogP contribution in [0.3, 0.4) is 0 Å². The summed E-state index contributed by atoms with van der Waals surface area (Å²) < 4.78 is 0. The van der Waals surface area contributed by atoms with Gasteiger partial charge in [0.15, 0.2) is 0 Å². The van der Waals surface area contributed by atoms with Crippen LogP contribution in [0.1, 0.15) is 24.8 Å². The Hall–Kier alpha value is -0.960. The molecule has 0 aliphatic heterocycles. The number of hydrogen-bond donors (Lipinski definition) is 1. The van der Waals surface area contributed by atoms with E-state index in [1.807, 2.05) is 12.4 Å². The molecule has 0 unspecified atom stereocenters. The van der Waals surface area contributed by atoms with Gasteiger partial charge in [-0.3, -0.25) is 0 Å². The van der Waals surface area contributed by atoms with Crippen LogP contribution in [0.4, 0.5) is 0 Å². The minimum atomic E-state index is 0.468. The molecule has 0 radical (unpaired) electrons. The zero-order valence-electron chi connectivity index (χ0n) is 7.74. The second kappa shape index (κ2) is 3.42. The molecule has 1 saturated carbocycles. The maximum Gasteiger partial charge on any atom is 0.115 e. The Morgan fingerprint density at radius 3 is 2.54 bits per heavy atom. The van der Waals surface area contributed by atoms with Crippen molar-refractivity contribution in [3.8, 4) is 0 Å². The van der Waals surface area contributed by atoms with E-state index >= 15 is 0 Å². The zero-order chi connectivity index (χ0) is 9.15. The Labute approximate surface area is 78.4 Å². The molecule has 0 saturated heterocycles. The predicted molar refractivity (Wildman–Crippen MR) is 51.1 cm³/mol. The lowest BCUT2D eigenvalue weighted by Gasteiger charge is -2.10. The zero-order valence-corrected chi connectivity index (χ0v) is 7.74. The van der Waals surface area contributed by atoms with E-state index in [0.717, 1.165) is 13.0 Å². The maximum absolute atomic E-state index is 5.70. The van der Waals surface area contributed by atoms with E-state index in [1.54, 1.807) is 6.33 Å². The number of nitrogens with zero attached hydrogens (tertiary/aromatic N) is 2. The van der Waals surface area contributed by atoms with E-state index in [9.17, 15) is 0 Å². The largest absolute Gasteiger partial charge is 0.330 e. The lowest BCUT2D eigenvalue weighted by molar-refractivity contribution is 0.478. The molecule has 70 valence electrons. The average molecular weight is 177 g/mol. The fourth-order valence-electron chi connectivity index (χ4n) is 1.60. The highest BCUT2D eigenvalue weighted by molar-refractivity contribution is 5.05. The topological polar surface area (TPSA) is 51.8 Å². The molecule has 3 heteroatoms. The SMILES string of the molecule is NCC1(CCc2cncnc2)CC1. The molecule has 0 atom stereocenters. The second-order valence-electron chi connectivity index (χ2n) is 3.95. The van der Waals surface area contributed by atoms with Gasteiger partial charge in [0.2, 0.25) is 0 Å². The molecular formula is C10H15N3. The van der Waals surface area contributed by atoms with E-state index in [-0.39, 0.29) is 0 Å². The maximum atomic E-state index is 5.70. The summed E-state index contributed by atoms with van der Waals surface area (Å²) in [6.45, 7) is 0.834. The monoisotopic (exact) mass is 177 g/mol. The van der Waals surface area contributed by atoms with Crippen LogP contribution in [0.2, 0.25) is 0 Å². The van der Waals surface area contributed by atoms with E-state index in [0.29, 0.717) is 5.41 Å². The highest BCUT2D eigenvalue weighted by Gasteiger charge is 2.40. The Balaban J connectivity index is 1.86. The predicted octanol–water partition coefficient (Wildman–Crippen LogP) is 1.15. The molecule has 1 aliphatic rings. The number of aromatic nitrogens is 2. The highest BCUT2D eigenvalue weighted by atomic mass is 14.8. The smallest absolute Gasteiger partial charge is 0.115 e. The summed E-state index contributed by atoms with van der Waals surface area (Å²) in [5, 5.41) is 0. The summed E-state index contributed by atoms with van der Waals surface area (Å²) in [6, 6.07) is 0. The van der Waals surface area contributed by atoms with Gasteiger partial charge >= 0.3 is 0 Å². The van der Waals surface area contributed by atoms with Gasteiger partial charge in [0.1, 0.15) is 6.33 Å². The molecule has 1 fully saturated rings. The second-order valence-corrected chi connectivity index (χ2v) is 3.95. The van der Waals surface area contributed by atoms with E-state index in [2.05, 4.69) is 9.97 Å². The first-order chi connectivity index (χ1) is 6.35. The molecule has 0 bridgehead atoms. The minimum absolute atomic E-state index is 0.468. The Morgan fingerprint density at radius 2 is 2.00 bits per heavy atom. The van der Waals surface area contributed by atoms with Crippen LogP contribution in [-0.2, 0) is 6.42 Å². The van der Waals surface area contributed by atoms with E-state index in [4.69, 9.17) is 5.73 Å². The minimum Gasteiger partial charge on any atom is -0.330 e. The fourth-order valence-corrected chi connectivity index (χ4v) is 1.60. The van der Waals surface area contributed by atoms with Gasteiger partial charge in [0, 0.05) is 12.4 Å². The van der Waals surface area contributed by atoms with Crippen molar-refractivity contribution in [3.05, 3.63) is 24.3 Å². The van der Waals surface area contributed by atoms with E-state index < -0.39 is 0 Å². The third-order valence-corrected chi connectivity index (χ3v) is 2.95. The van der Waals surface area contributed by atoms with Gasteiger partial charge in [-0.1, -0.05) is 0 Å². The van der Waals surface area contributed by atoms with Gasteiger partial charge in [-0.15, -0.1) is 0 Å². The van der Waals surface area contributed by atoms with Crippen molar-refractivity contribution in [2.45, 2.75) is 25.7 Å². The number of aryl methyl sites for hydroxylation is 1. The lowest BCUT2D eigenvalue weighted by Crippen LogP contribution is -2.16. The summed E-state index contributed by atoms with van der Waals surface area (Å²) in [5.41, 5.74) is 7.39. The van der Waals surface area contributed by atoms with Crippen molar-refractivity contribution >= 4 is 0 Å². The van der Waals surface area contributed by atoms with Gasteiger partial charge < -0.3 is 5.73 Å². The molecule has 3 nitrogen and oxygen atoms in total. The first-order valence-electron chi connectivity index (χ1n) is 4.79. The number of hydrogen-bond acceptors (Lipinski definition) is 3. The third kappa shape index (κ3) is 2.04. The van der Waals surface area contributed by atoms with Crippen LogP contribution >= 0.6 is 0 Å². The number of rotatable bonds is 4. The lowest BCUT2D eigenvalue weighted by atomic mass is 9.98. The summed E-state index contributed by atoms with van der Waals surface area (Å²) in [7, 11) is 0. The molecule has 0 amide bonds. The fraction of sp³-hybridized carbons (Fsp3) is 0.600. The van der Waals surface area contributed by atoms with Crippen molar-refractivity contribution < 1.29 is 0 Å². The summed E-state index contributed by atoms with van der Waals surface area (Å²) in [6.07, 6.45) is 10.2. The first kappa shape index (κ1) is 8.63. The molecule has 1 aromatic rings. The summed E-state index contributed by atoms with van der Waals surface area (Å²) in [4.78, 5) is 7.98. The van der Waals surface area contributed by atoms with Gasteiger partial charge in [-0.2, -0.15) is 0 Å². The molecule has 0 spiro atoms. The standard InChI is InChI=1S/C10H15N3/c11-7-10(3-4-10)2-1-9-5-12-8-13-6-9/h5-6,8H,1-4,7,11H2. The van der Waals surface area contributed by atoms with Crippen LogP contribution in [0.15, 0.2) is 18.7 Å². The Bertz CT molecular complexity index is 267. The van der Waals surface area contributed by atoms with Crippen molar-refractivity contribution in [2.75, 3.05) is 6.54 Å². The van der Waals surface area contributed by atoms with Gasteiger partial charge in [0.05, 0.1) is 0 Å². The van der Waals surface area contributed by atoms with Gasteiger partial charge in [-0.05, 0) is 43.2 Å². The Morgan fingerprint density at radius 1 is 1.31 bits per heavy atom. The summed E-state index contributed by atoms with van der Waals surface area (Å²) >= 11 is 0. The van der Waals surface area contributed by atoms with Crippen molar-refractivity contribution in [1.82, 2.24) is 9.97 Å². The van der Waals surface area contributed by atoms with Crippen LogP contribution in [0.5, 0.6) is 0 Å². The first-order valence-corrected chi connectivity index (χ1v) is 4.79. The van der Waals surface area contributed by atoms with Crippen LogP contribution in [0, 0.1) is 5.41 Å². The molecule has 1 aromatic heterocycles. The molecule has 2 rings (SSSR count).